The first-order valence-electron chi connectivity index (χ1n) is 3.85. The summed E-state index contributed by atoms with van der Waals surface area (Å²) in [4.78, 5) is 14.6. The molecule has 0 bridgehead atoms. The largest absolute Gasteiger partial charge is 0.345 e. The molecule has 1 aromatic carbocycles. The predicted molar refractivity (Wildman–Crippen MR) is 52.4 cm³/mol. The highest BCUT2D eigenvalue weighted by molar-refractivity contribution is 6.33. The van der Waals surface area contributed by atoms with Gasteiger partial charge >= 0.3 is 0 Å². The Morgan fingerprint density at radius 1 is 1.54 bits per heavy atom. The Kier molecular flexibility index (Phi) is 2.02. The van der Waals surface area contributed by atoms with Gasteiger partial charge in [-0.15, -0.1) is 0 Å². The van der Waals surface area contributed by atoms with Crippen LogP contribution < -0.4 is 5.32 Å². The summed E-state index contributed by atoms with van der Waals surface area (Å²) in [7, 11) is 0. The number of rotatable bonds is 1. The van der Waals surface area contributed by atoms with Crippen LogP contribution >= 0.6 is 11.6 Å². The molecule has 1 heterocycles. The van der Waals surface area contributed by atoms with Gasteiger partial charge in [0.05, 0.1) is 17.0 Å². The van der Waals surface area contributed by atoms with Crippen molar-refractivity contribution in [3.63, 3.8) is 0 Å². The second-order valence-electron chi connectivity index (χ2n) is 2.71. The van der Waals surface area contributed by atoms with Gasteiger partial charge in [0, 0.05) is 5.56 Å². The average molecular weight is 195 g/mol. The Hall–Kier alpha value is -1.35. The number of aliphatic imine (C=N–C) groups is 1. The molecule has 1 aromatic rings. The number of carbonyl (C=O) groups is 1. The van der Waals surface area contributed by atoms with Crippen LogP contribution in [0.15, 0.2) is 23.2 Å². The second-order valence-corrected chi connectivity index (χ2v) is 3.11. The van der Waals surface area contributed by atoms with Crippen molar-refractivity contribution in [1.29, 1.82) is 0 Å². The highest BCUT2D eigenvalue weighted by Gasteiger charge is 2.17. The third-order valence-electron chi connectivity index (χ3n) is 1.94. The lowest BCUT2D eigenvalue weighted by Crippen LogP contribution is -2.11. The summed E-state index contributed by atoms with van der Waals surface area (Å²) in [5.74, 6) is 0. The first-order valence-corrected chi connectivity index (χ1v) is 4.22. The minimum Gasteiger partial charge on any atom is -0.345 e. The molecule has 1 aliphatic rings. The van der Waals surface area contributed by atoms with Gasteiger partial charge < -0.3 is 10.1 Å². The number of para-hydroxylation sites is 1. The number of hydrogen-bond acceptors (Lipinski definition) is 3. The maximum Gasteiger partial charge on any atom is 0.149 e. The fourth-order valence-electron chi connectivity index (χ4n) is 1.31. The van der Waals surface area contributed by atoms with Crippen LogP contribution in [0.4, 0.5) is 5.69 Å². The molecule has 1 atom stereocenters. The number of carbonyl (C=O) groups excluding carboxylic acids is 1. The third-order valence-corrected chi connectivity index (χ3v) is 2.25. The van der Waals surface area contributed by atoms with E-state index in [1.165, 1.54) is 6.34 Å². The molecule has 0 saturated heterocycles. The highest BCUT2D eigenvalue weighted by atomic mass is 35.5. The number of halogens is 1. The van der Waals surface area contributed by atoms with Crippen LogP contribution in [0.3, 0.4) is 0 Å². The molecule has 0 amide bonds. The van der Waals surface area contributed by atoms with E-state index in [1.807, 2.05) is 6.07 Å². The molecular weight excluding hydrogens is 188 g/mol. The van der Waals surface area contributed by atoms with E-state index in [4.69, 9.17) is 11.6 Å². The average Bonchev–Trinajstić information content (AvgIpc) is 2.18. The lowest BCUT2D eigenvalue weighted by atomic mass is 10.1. The Labute approximate surface area is 80.4 Å². The predicted octanol–water partition coefficient (Wildman–Crippen LogP) is 2.03. The molecule has 1 aliphatic heterocycles. The van der Waals surface area contributed by atoms with E-state index < -0.39 is 6.04 Å². The van der Waals surface area contributed by atoms with E-state index in [9.17, 15) is 4.79 Å². The van der Waals surface area contributed by atoms with Crippen molar-refractivity contribution in [3.05, 3.63) is 28.8 Å². The zero-order chi connectivity index (χ0) is 9.26. The smallest absolute Gasteiger partial charge is 0.149 e. The molecule has 1 unspecified atom stereocenters. The molecule has 0 saturated carbocycles. The molecule has 66 valence electrons. The van der Waals surface area contributed by atoms with Crippen LogP contribution in [0.1, 0.15) is 11.6 Å². The van der Waals surface area contributed by atoms with E-state index in [1.54, 1.807) is 12.1 Å². The quantitative estimate of drug-likeness (QED) is 0.695. The third kappa shape index (κ3) is 1.31. The number of anilines is 1. The lowest BCUT2D eigenvalue weighted by molar-refractivity contribution is -0.108. The lowest BCUT2D eigenvalue weighted by Gasteiger charge is -2.17. The van der Waals surface area contributed by atoms with Crippen LogP contribution in [0, 0.1) is 0 Å². The van der Waals surface area contributed by atoms with Crippen LogP contribution in [0.2, 0.25) is 5.02 Å². The van der Waals surface area contributed by atoms with Gasteiger partial charge in [-0.1, -0.05) is 23.7 Å². The first kappa shape index (κ1) is 8.26. The first-order chi connectivity index (χ1) is 6.33. The zero-order valence-electron chi connectivity index (χ0n) is 6.70. The number of benzene rings is 1. The molecule has 13 heavy (non-hydrogen) atoms. The Bertz CT molecular complexity index is 376. The summed E-state index contributed by atoms with van der Waals surface area (Å²) in [5, 5.41) is 3.52. The molecule has 0 spiro atoms. The molecule has 4 heteroatoms. The van der Waals surface area contributed by atoms with Gasteiger partial charge in [0.15, 0.2) is 0 Å². The van der Waals surface area contributed by atoms with Gasteiger partial charge in [0.2, 0.25) is 0 Å². The van der Waals surface area contributed by atoms with Crippen LogP contribution in [-0.2, 0) is 4.79 Å². The SMILES string of the molecule is O=CC1N=CNc2c(Cl)cccc21. The number of fused-ring (bicyclic) bond motifs is 1. The van der Waals surface area contributed by atoms with Crippen LogP contribution in [0.5, 0.6) is 0 Å². The van der Waals surface area contributed by atoms with Gasteiger partial charge in [0.25, 0.3) is 0 Å². The Balaban J connectivity index is 2.56. The normalized spacial score (nSPS) is 19.0. The Morgan fingerprint density at radius 3 is 3.15 bits per heavy atom. The van der Waals surface area contributed by atoms with Gasteiger partial charge in [-0.3, -0.25) is 4.99 Å². The molecule has 0 aromatic heterocycles. The summed E-state index contributed by atoms with van der Waals surface area (Å²) in [6.07, 6.45) is 2.29. The topological polar surface area (TPSA) is 41.5 Å². The fraction of sp³-hybridized carbons (Fsp3) is 0.111. The van der Waals surface area contributed by atoms with Crippen molar-refractivity contribution in [2.45, 2.75) is 6.04 Å². The zero-order valence-corrected chi connectivity index (χ0v) is 7.45. The van der Waals surface area contributed by atoms with Crippen LogP contribution in [-0.4, -0.2) is 12.6 Å². The van der Waals surface area contributed by atoms with Gasteiger partial charge in [-0.05, 0) is 6.07 Å². The van der Waals surface area contributed by atoms with Crippen molar-refractivity contribution >= 4 is 29.9 Å². The monoisotopic (exact) mass is 194 g/mol. The minimum atomic E-state index is -0.421. The van der Waals surface area contributed by atoms with Crippen molar-refractivity contribution in [3.8, 4) is 0 Å². The van der Waals surface area contributed by atoms with Crippen molar-refractivity contribution in [2.24, 2.45) is 4.99 Å². The minimum absolute atomic E-state index is 0.421. The molecule has 2 rings (SSSR count). The molecule has 0 fully saturated rings. The summed E-state index contributed by atoms with van der Waals surface area (Å²) in [6, 6.07) is 4.99. The van der Waals surface area contributed by atoms with Crippen LogP contribution in [0.25, 0.3) is 0 Å². The maximum atomic E-state index is 10.6. The summed E-state index contributed by atoms with van der Waals surface area (Å²) < 4.78 is 0. The van der Waals surface area contributed by atoms with Crippen molar-refractivity contribution in [1.82, 2.24) is 0 Å². The fourth-order valence-corrected chi connectivity index (χ4v) is 1.55. The van der Waals surface area contributed by atoms with E-state index >= 15 is 0 Å². The van der Waals surface area contributed by atoms with E-state index in [2.05, 4.69) is 10.3 Å². The van der Waals surface area contributed by atoms with E-state index in [0.29, 0.717) is 5.02 Å². The van der Waals surface area contributed by atoms with E-state index in [0.717, 1.165) is 17.5 Å². The van der Waals surface area contributed by atoms with Gasteiger partial charge in [0.1, 0.15) is 12.3 Å². The molecular formula is C9H7ClN2O. The van der Waals surface area contributed by atoms with Crippen molar-refractivity contribution < 1.29 is 4.79 Å². The van der Waals surface area contributed by atoms with E-state index in [-0.39, 0.29) is 0 Å². The second kappa shape index (κ2) is 3.18. The number of nitrogens with one attached hydrogen (secondary N) is 1. The summed E-state index contributed by atoms with van der Waals surface area (Å²) >= 11 is 5.92. The molecule has 1 N–H and O–H groups in total. The summed E-state index contributed by atoms with van der Waals surface area (Å²) in [6.45, 7) is 0. The molecule has 0 radical (unpaired) electrons. The highest BCUT2D eigenvalue weighted by Crippen LogP contribution is 2.32. The molecule has 0 aliphatic carbocycles. The number of hydrogen-bond donors (Lipinski definition) is 1. The number of nitrogens with zero attached hydrogens (tertiary/aromatic N) is 1. The maximum absolute atomic E-state index is 10.6. The Morgan fingerprint density at radius 2 is 2.38 bits per heavy atom. The molecule has 3 nitrogen and oxygen atoms in total. The van der Waals surface area contributed by atoms with Crippen molar-refractivity contribution in [2.75, 3.05) is 5.32 Å². The number of aldehydes is 1. The standard InChI is InChI=1S/C9H7ClN2O/c10-7-3-1-2-6-8(4-13)11-5-12-9(6)7/h1-5,8H,(H,11,12). The van der Waals surface area contributed by atoms with Gasteiger partial charge in [-0.25, -0.2) is 0 Å². The van der Waals surface area contributed by atoms with Gasteiger partial charge in [-0.2, -0.15) is 0 Å². The summed E-state index contributed by atoms with van der Waals surface area (Å²) in [5.41, 5.74) is 1.60.